The summed E-state index contributed by atoms with van der Waals surface area (Å²) in [5.74, 6) is -2.78. The van der Waals surface area contributed by atoms with E-state index < -0.39 is 23.1 Å². The van der Waals surface area contributed by atoms with Crippen LogP contribution in [0.4, 0.5) is 0 Å². The third kappa shape index (κ3) is 2.23. The highest BCUT2D eigenvalue weighted by Crippen LogP contribution is 2.05. The molecule has 4 nitrogen and oxygen atoms in total. The van der Waals surface area contributed by atoms with Crippen molar-refractivity contribution in [3.05, 3.63) is 23.7 Å². The van der Waals surface area contributed by atoms with Crippen LogP contribution in [-0.2, 0) is 9.59 Å². The number of rotatable bonds is 0. The second-order valence-electron chi connectivity index (χ2n) is 1.79. The van der Waals surface area contributed by atoms with E-state index >= 15 is 0 Å². The first-order valence-electron chi connectivity index (χ1n) is 3.51. The first kappa shape index (κ1) is 10.4. The van der Waals surface area contributed by atoms with Crippen molar-refractivity contribution in [1.82, 2.24) is 0 Å². The Hall–Kier alpha value is -1.58. The van der Waals surface area contributed by atoms with Gasteiger partial charge in [-0.05, 0) is 0 Å². The van der Waals surface area contributed by atoms with Crippen LogP contribution < -0.4 is 0 Å². The predicted octanol–water partition coefficient (Wildman–Crippen LogP) is 1.05. The Bertz CT molecular complexity index is 232. The summed E-state index contributed by atoms with van der Waals surface area (Å²) in [6.07, 6.45) is 1.36. The molecule has 0 unspecified atom stereocenters. The van der Waals surface area contributed by atoms with Gasteiger partial charge >= 0.3 is 0 Å². The maximum Gasteiger partial charge on any atom is 0.224 e. The second kappa shape index (κ2) is 4.33. The quantitative estimate of drug-likeness (QED) is 0.533. The summed E-state index contributed by atoms with van der Waals surface area (Å²) in [5, 5.41) is 17.2. The summed E-state index contributed by atoms with van der Waals surface area (Å²) < 4.78 is 0. The largest absolute Gasteiger partial charge is 0.504 e. The van der Waals surface area contributed by atoms with Crippen LogP contribution in [0, 0.1) is 0 Å². The first-order chi connectivity index (χ1) is 5.61. The van der Waals surface area contributed by atoms with Crippen molar-refractivity contribution in [3.63, 3.8) is 0 Å². The van der Waals surface area contributed by atoms with Gasteiger partial charge in [-0.1, -0.05) is 13.8 Å². The van der Waals surface area contributed by atoms with Crippen molar-refractivity contribution in [2.75, 3.05) is 0 Å². The fourth-order valence-electron chi connectivity index (χ4n) is 0.538. The summed E-state index contributed by atoms with van der Waals surface area (Å²) in [6.45, 7) is 4.00. The molecule has 0 aromatic rings. The van der Waals surface area contributed by atoms with E-state index in [0.717, 1.165) is 0 Å². The van der Waals surface area contributed by atoms with Gasteiger partial charge < -0.3 is 10.2 Å². The minimum absolute atomic E-state index is 0.636. The number of aliphatic hydroxyl groups is 2. The minimum atomic E-state index is -0.753. The van der Waals surface area contributed by atoms with E-state index in [4.69, 9.17) is 10.2 Å². The summed E-state index contributed by atoms with van der Waals surface area (Å²) in [7, 11) is 0. The third-order valence-electron chi connectivity index (χ3n) is 1.04. The standard InChI is InChI=1S/C6H4O4.C2H6/c7-3-1-4(8)6(10)2-5(3)9;1-2/h1-2,7,10H;1-2H3. The number of allylic oxidation sites excluding steroid dienone is 2. The molecule has 1 rings (SSSR count). The molecule has 66 valence electrons. The lowest BCUT2D eigenvalue weighted by atomic mass is 10.1. The van der Waals surface area contributed by atoms with Crippen molar-refractivity contribution >= 4 is 11.6 Å². The Kier molecular flexibility index (Phi) is 3.76. The van der Waals surface area contributed by atoms with Gasteiger partial charge in [0, 0.05) is 12.2 Å². The van der Waals surface area contributed by atoms with Crippen LogP contribution in [-0.4, -0.2) is 21.8 Å². The van der Waals surface area contributed by atoms with Crippen molar-refractivity contribution in [1.29, 1.82) is 0 Å². The van der Waals surface area contributed by atoms with Crippen LogP contribution in [0.25, 0.3) is 0 Å². The van der Waals surface area contributed by atoms with Crippen LogP contribution in [0.15, 0.2) is 23.7 Å². The third-order valence-corrected chi connectivity index (χ3v) is 1.04. The highest BCUT2D eigenvalue weighted by atomic mass is 16.3. The van der Waals surface area contributed by atoms with Crippen LogP contribution in [0.1, 0.15) is 13.8 Å². The summed E-state index contributed by atoms with van der Waals surface area (Å²) in [5.41, 5.74) is 0. The maximum atomic E-state index is 10.4. The zero-order valence-electron chi connectivity index (χ0n) is 6.87. The van der Waals surface area contributed by atoms with E-state index in [1.807, 2.05) is 13.8 Å². The lowest BCUT2D eigenvalue weighted by molar-refractivity contribution is -0.118. The van der Waals surface area contributed by atoms with Gasteiger partial charge in [-0.25, -0.2) is 0 Å². The van der Waals surface area contributed by atoms with E-state index in [1.165, 1.54) is 0 Å². The van der Waals surface area contributed by atoms with E-state index in [-0.39, 0.29) is 0 Å². The number of aliphatic hydroxyl groups excluding tert-OH is 2. The lowest BCUT2D eigenvalue weighted by Crippen LogP contribution is -2.12. The molecule has 0 spiro atoms. The van der Waals surface area contributed by atoms with Crippen LogP contribution in [0.5, 0.6) is 0 Å². The molecule has 2 N–H and O–H groups in total. The Balaban J connectivity index is 0.000000561. The Labute approximate surface area is 69.8 Å². The molecule has 0 fully saturated rings. The molecule has 0 radical (unpaired) electrons. The van der Waals surface area contributed by atoms with Gasteiger partial charge in [0.2, 0.25) is 11.6 Å². The van der Waals surface area contributed by atoms with Crippen LogP contribution in [0.2, 0.25) is 0 Å². The molecule has 0 heterocycles. The molecule has 12 heavy (non-hydrogen) atoms. The molecule has 0 bridgehead atoms. The van der Waals surface area contributed by atoms with E-state index in [0.29, 0.717) is 12.2 Å². The molecule has 0 aromatic carbocycles. The molecule has 1 aliphatic rings. The molecular formula is C8H10O4. The number of hydrogen-bond donors (Lipinski definition) is 2. The average molecular weight is 170 g/mol. The van der Waals surface area contributed by atoms with E-state index in [9.17, 15) is 9.59 Å². The Morgan fingerprint density at radius 1 is 0.917 bits per heavy atom. The highest BCUT2D eigenvalue weighted by molar-refractivity contribution is 6.17. The molecule has 0 saturated carbocycles. The fraction of sp³-hybridized carbons (Fsp3) is 0.250. The maximum absolute atomic E-state index is 10.4. The molecule has 4 heteroatoms. The zero-order valence-corrected chi connectivity index (χ0v) is 6.87. The molecule has 0 atom stereocenters. The average Bonchev–Trinajstić information content (AvgIpc) is 2.05. The number of ketones is 2. The van der Waals surface area contributed by atoms with Crippen molar-refractivity contribution in [2.45, 2.75) is 13.8 Å². The highest BCUT2D eigenvalue weighted by Gasteiger charge is 2.17. The molecule has 0 aliphatic heterocycles. The smallest absolute Gasteiger partial charge is 0.224 e. The van der Waals surface area contributed by atoms with Gasteiger partial charge in [0.1, 0.15) is 0 Å². The van der Waals surface area contributed by atoms with Crippen molar-refractivity contribution in [2.24, 2.45) is 0 Å². The molecule has 1 aliphatic carbocycles. The predicted molar refractivity (Wildman–Crippen MR) is 42.8 cm³/mol. The molecule has 0 amide bonds. The Morgan fingerprint density at radius 2 is 1.17 bits per heavy atom. The number of carbonyl (C=O) groups excluding carboxylic acids is 2. The monoisotopic (exact) mass is 170 g/mol. The van der Waals surface area contributed by atoms with Gasteiger partial charge in [-0.2, -0.15) is 0 Å². The van der Waals surface area contributed by atoms with Gasteiger partial charge in [0.15, 0.2) is 11.5 Å². The molecule has 0 aromatic heterocycles. The van der Waals surface area contributed by atoms with Crippen molar-refractivity contribution < 1.29 is 19.8 Å². The van der Waals surface area contributed by atoms with E-state index in [1.54, 1.807) is 0 Å². The summed E-state index contributed by atoms with van der Waals surface area (Å²) in [6, 6.07) is 0. The SMILES string of the molecule is CC.O=C1C=C(O)C(=O)C=C1O. The first-order valence-corrected chi connectivity index (χ1v) is 3.51. The number of carbonyl (C=O) groups is 2. The van der Waals surface area contributed by atoms with Crippen molar-refractivity contribution in [3.8, 4) is 0 Å². The molecular weight excluding hydrogens is 160 g/mol. The Morgan fingerprint density at radius 3 is 1.42 bits per heavy atom. The molecule has 0 saturated heterocycles. The summed E-state index contributed by atoms with van der Waals surface area (Å²) >= 11 is 0. The van der Waals surface area contributed by atoms with Gasteiger partial charge in [0.25, 0.3) is 0 Å². The van der Waals surface area contributed by atoms with Gasteiger partial charge in [-0.15, -0.1) is 0 Å². The van der Waals surface area contributed by atoms with Crippen LogP contribution in [0.3, 0.4) is 0 Å². The minimum Gasteiger partial charge on any atom is -0.504 e. The fourth-order valence-corrected chi connectivity index (χ4v) is 0.538. The number of hydrogen-bond acceptors (Lipinski definition) is 4. The van der Waals surface area contributed by atoms with Gasteiger partial charge in [-0.3, -0.25) is 9.59 Å². The lowest BCUT2D eigenvalue weighted by Gasteiger charge is -2.00. The van der Waals surface area contributed by atoms with Crippen LogP contribution >= 0.6 is 0 Å². The normalized spacial score (nSPS) is 15.8. The summed E-state index contributed by atoms with van der Waals surface area (Å²) in [4.78, 5) is 20.9. The zero-order chi connectivity index (χ0) is 9.72. The van der Waals surface area contributed by atoms with E-state index in [2.05, 4.69) is 0 Å². The van der Waals surface area contributed by atoms with Gasteiger partial charge in [0.05, 0.1) is 0 Å². The topological polar surface area (TPSA) is 74.6 Å². The second-order valence-corrected chi connectivity index (χ2v) is 1.79.